The molecule has 0 bridgehead atoms. The molecule has 6 nitrogen and oxygen atoms in total. The van der Waals surface area contributed by atoms with Crippen molar-refractivity contribution >= 4 is 28.7 Å². The predicted molar refractivity (Wildman–Crippen MR) is 79.0 cm³/mol. The van der Waals surface area contributed by atoms with Crippen LogP contribution in [0.3, 0.4) is 0 Å². The van der Waals surface area contributed by atoms with E-state index in [-0.39, 0.29) is 24.7 Å². The summed E-state index contributed by atoms with van der Waals surface area (Å²) in [4.78, 5) is 34.9. The Morgan fingerprint density at radius 3 is 3.00 bits per heavy atom. The fraction of sp³-hybridized carbons (Fsp3) is 0.312. The van der Waals surface area contributed by atoms with E-state index in [1.54, 1.807) is 0 Å². The number of rotatable bonds is 3. The minimum absolute atomic E-state index is 0.127. The molecule has 6 heteroatoms. The fourth-order valence-electron chi connectivity index (χ4n) is 2.64. The lowest BCUT2D eigenvalue weighted by Gasteiger charge is -2.21. The van der Waals surface area contributed by atoms with E-state index in [2.05, 4.69) is 10.6 Å². The van der Waals surface area contributed by atoms with Gasteiger partial charge in [0.05, 0.1) is 6.42 Å². The SMILES string of the molecule is Cc1cc2cccc(CC(=O)NC3CCC(=O)NC3=O)c2o1. The van der Waals surface area contributed by atoms with Crippen molar-refractivity contribution in [3.63, 3.8) is 0 Å². The van der Waals surface area contributed by atoms with Gasteiger partial charge in [0.25, 0.3) is 0 Å². The van der Waals surface area contributed by atoms with E-state index in [9.17, 15) is 14.4 Å². The van der Waals surface area contributed by atoms with Gasteiger partial charge in [-0.3, -0.25) is 19.7 Å². The van der Waals surface area contributed by atoms with Crippen LogP contribution in [0.25, 0.3) is 11.0 Å². The van der Waals surface area contributed by atoms with Gasteiger partial charge < -0.3 is 9.73 Å². The molecule has 0 aliphatic carbocycles. The second kappa shape index (κ2) is 5.63. The maximum absolute atomic E-state index is 12.1. The molecule has 3 rings (SSSR count). The zero-order valence-corrected chi connectivity index (χ0v) is 12.1. The van der Waals surface area contributed by atoms with E-state index in [0.717, 1.165) is 16.7 Å². The Hall–Kier alpha value is -2.63. The minimum Gasteiger partial charge on any atom is -0.461 e. The number of imide groups is 1. The van der Waals surface area contributed by atoms with E-state index in [1.165, 1.54) is 0 Å². The average molecular weight is 300 g/mol. The van der Waals surface area contributed by atoms with Gasteiger partial charge in [0.2, 0.25) is 17.7 Å². The van der Waals surface area contributed by atoms with Gasteiger partial charge >= 0.3 is 0 Å². The van der Waals surface area contributed by atoms with Gasteiger partial charge in [-0.25, -0.2) is 0 Å². The number of hydrogen-bond acceptors (Lipinski definition) is 4. The molecule has 1 fully saturated rings. The Bertz CT molecular complexity index is 763. The van der Waals surface area contributed by atoms with Crippen LogP contribution in [-0.2, 0) is 20.8 Å². The van der Waals surface area contributed by atoms with Gasteiger partial charge in [0.1, 0.15) is 17.4 Å². The summed E-state index contributed by atoms with van der Waals surface area (Å²) in [6.45, 7) is 1.85. The van der Waals surface area contributed by atoms with E-state index in [4.69, 9.17) is 4.42 Å². The number of nitrogens with one attached hydrogen (secondary N) is 2. The van der Waals surface area contributed by atoms with Crippen molar-refractivity contribution in [3.8, 4) is 0 Å². The molecule has 1 aliphatic heterocycles. The number of aryl methyl sites for hydroxylation is 1. The highest BCUT2D eigenvalue weighted by Crippen LogP contribution is 2.23. The maximum atomic E-state index is 12.1. The van der Waals surface area contributed by atoms with Gasteiger partial charge in [0, 0.05) is 17.4 Å². The number of furan rings is 1. The summed E-state index contributed by atoms with van der Waals surface area (Å²) in [5, 5.41) is 5.83. The van der Waals surface area contributed by atoms with Gasteiger partial charge in [-0.15, -0.1) is 0 Å². The summed E-state index contributed by atoms with van der Waals surface area (Å²) >= 11 is 0. The maximum Gasteiger partial charge on any atom is 0.249 e. The smallest absolute Gasteiger partial charge is 0.249 e. The first-order valence-electron chi connectivity index (χ1n) is 7.14. The molecule has 0 spiro atoms. The Balaban J connectivity index is 1.71. The summed E-state index contributed by atoms with van der Waals surface area (Å²) in [5.41, 5.74) is 1.47. The lowest BCUT2D eigenvalue weighted by Crippen LogP contribution is -2.52. The van der Waals surface area contributed by atoms with Crippen LogP contribution in [0.2, 0.25) is 0 Å². The van der Waals surface area contributed by atoms with E-state index >= 15 is 0 Å². The lowest BCUT2D eigenvalue weighted by molar-refractivity contribution is -0.137. The molecule has 1 aromatic carbocycles. The van der Waals surface area contributed by atoms with Crippen LogP contribution in [0.15, 0.2) is 28.7 Å². The number of benzene rings is 1. The number of carbonyl (C=O) groups is 3. The fourth-order valence-corrected chi connectivity index (χ4v) is 2.64. The molecule has 2 N–H and O–H groups in total. The van der Waals surface area contributed by atoms with Gasteiger partial charge in [-0.2, -0.15) is 0 Å². The summed E-state index contributed by atoms with van der Waals surface area (Å²) in [6, 6.07) is 6.88. The number of hydrogen-bond donors (Lipinski definition) is 2. The van der Waals surface area contributed by atoms with Gasteiger partial charge in [-0.05, 0) is 19.4 Å². The number of carbonyl (C=O) groups excluding carboxylic acids is 3. The van der Waals surface area contributed by atoms with Crippen LogP contribution < -0.4 is 10.6 Å². The van der Waals surface area contributed by atoms with Crippen LogP contribution in [0, 0.1) is 6.92 Å². The van der Waals surface area contributed by atoms with Gasteiger partial charge in [0.15, 0.2) is 0 Å². The van der Waals surface area contributed by atoms with E-state index in [1.807, 2.05) is 31.2 Å². The molecular weight excluding hydrogens is 284 g/mol. The molecule has 0 saturated carbocycles. The second-order valence-electron chi connectivity index (χ2n) is 5.44. The van der Waals surface area contributed by atoms with Crippen molar-refractivity contribution in [2.24, 2.45) is 0 Å². The normalized spacial score (nSPS) is 18.3. The van der Waals surface area contributed by atoms with E-state index < -0.39 is 11.9 Å². The molecule has 2 aromatic rings. The molecule has 114 valence electrons. The van der Waals surface area contributed by atoms with Crippen molar-refractivity contribution in [3.05, 3.63) is 35.6 Å². The topological polar surface area (TPSA) is 88.4 Å². The average Bonchev–Trinajstić information content (AvgIpc) is 2.83. The zero-order chi connectivity index (χ0) is 15.7. The molecule has 3 amide bonds. The highest BCUT2D eigenvalue weighted by Gasteiger charge is 2.27. The third kappa shape index (κ3) is 2.86. The second-order valence-corrected chi connectivity index (χ2v) is 5.44. The van der Waals surface area contributed by atoms with Crippen LogP contribution in [0.1, 0.15) is 24.2 Å². The number of piperidine rings is 1. The number of amides is 3. The summed E-state index contributed by atoms with van der Waals surface area (Å²) < 4.78 is 5.62. The molecule has 0 radical (unpaired) electrons. The largest absolute Gasteiger partial charge is 0.461 e. The Kier molecular flexibility index (Phi) is 3.66. The quantitative estimate of drug-likeness (QED) is 0.834. The van der Waals surface area contributed by atoms with Crippen molar-refractivity contribution in [1.82, 2.24) is 10.6 Å². The first-order chi connectivity index (χ1) is 10.5. The van der Waals surface area contributed by atoms with Crippen LogP contribution in [-0.4, -0.2) is 23.8 Å². The van der Waals surface area contributed by atoms with Crippen molar-refractivity contribution < 1.29 is 18.8 Å². The molecule has 1 aromatic heterocycles. The summed E-state index contributed by atoms with van der Waals surface area (Å²) in [6.07, 6.45) is 0.701. The Labute approximate surface area is 126 Å². The summed E-state index contributed by atoms with van der Waals surface area (Å²) in [5.74, 6) is -0.230. The predicted octanol–water partition coefficient (Wildman–Crippen LogP) is 1.21. The molecular formula is C16H16N2O4. The monoisotopic (exact) mass is 300 g/mol. The number of fused-ring (bicyclic) bond motifs is 1. The van der Waals surface area contributed by atoms with Gasteiger partial charge in [-0.1, -0.05) is 18.2 Å². The number of para-hydroxylation sites is 1. The lowest BCUT2D eigenvalue weighted by atomic mass is 10.0. The molecule has 1 aliphatic rings. The summed E-state index contributed by atoms with van der Waals surface area (Å²) in [7, 11) is 0. The molecule has 2 heterocycles. The molecule has 1 atom stereocenters. The minimum atomic E-state index is -0.650. The highest BCUT2D eigenvalue weighted by atomic mass is 16.3. The molecule has 22 heavy (non-hydrogen) atoms. The molecule has 1 unspecified atom stereocenters. The van der Waals surface area contributed by atoms with Crippen LogP contribution in [0.5, 0.6) is 0 Å². The standard InChI is InChI=1S/C16H16N2O4/c1-9-7-10-3-2-4-11(15(10)22-9)8-14(20)17-12-5-6-13(19)18-16(12)21/h2-4,7,12H,5-6,8H2,1H3,(H,17,20)(H,18,19,21). The van der Waals surface area contributed by atoms with Crippen LogP contribution >= 0.6 is 0 Å². The Morgan fingerprint density at radius 1 is 1.41 bits per heavy atom. The van der Waals surface area contributed by atoms with Crippen molar-refractivity contribution in [1.29, 1.82) is 0 Å². The third-order valence-corrected chi connectivity index (χ3v) is 3.67. The first-order valence-corrected chi connectivity index (χ1v) is 7.14. The van der Waals surface area contributed by atoms with Crippen molar-refractivity contribution in [2.45, 2.75) is 32.2 Å². The zero-order valence-electron chi connectivity index (χ0n) is 12.1. The van der Waals surface area contributed by atoms with Crippen molar-refractivity contribution in [2.75, 3.05) is 0 Å². The third-order valence-electron chi connectivity index (χ3n) is 3.67. The Morgan fingerprint density at radius 2 is 2.23 bits per heavy atom. The molecule has 1 saturated heterocycles. The highest BCUT2D eigenvalue weighted by molar-refractivity contribution is 6.02. The van der Waals surface area contributed by atoms with E-state index in [0.29, 0.717) is 12.0 Å². The van der Waals surface area contributed by atoms with Crippen LogP contribution in [0.4, 0.5) is 0 Å². The first kappa shape index (κ1) is 14.3.